The lowest BCUT2D eigenvalue weighted by molar-refractivity contribution is -0.137. The van der Waals surface area contributed by atoms with E-state index < -0.39 is 21.8 Å². The van der Waals surface area contributed by atoms with Gasteiger partial charge in [-0.1, -0.05) is 48.8 Å². The molecular formula is C32H30F3N5O3S. The summed E-state index contributed by atoms with van der Waals surface area (Å²) in [4.78, 5) is 4.66. The molecule has 0 fully saturated rings. The fraction of sp³-hybridized carbons (Fsp3) is 0.250. The number of rotatable bonds is 9. The summed E-state index contributed by atoms with van der Waals surface area (Å²) in [6, 6.07) is 17.9. The Kier molecular flexibility index (Phi) is 7.48. The minimum atomic E-state index is -4.47. The summed E-state index contributed by atoms with van der Waals surface area (Å²) in [5.41, 5.74) is 2.81. The standard InChI is InChI=1S/C32H30F3N5O3S/c1-4-5-14-30-36-25-17-23(32(33,34)35)15-16-27(25)40(30)19-22-18-39(26-11-7-6-10-24(22)26)28-12-8-9-13-29(28)44(41,42)38-31-20(2)21(3)43-37-31/h6-13,15-18H,4-5,14,19H2,1-3H3,(H,37,38). The highest BCUT2D eigenvalue weighted by molar-refractivity contribution is 7.92. The lowest BCUT2D eigenvalue weighted by Crippen LogP contribution is -2.16. The molecule has 0 spiro atoms. The molecule has 0 aliphatic carbocycles. The van der Waals surface area contributed by atoms with Gasteiger partial charge in [-0.05, 0) is 62.2 Å². The van der Waals surface area contributed by atoms with E-state index in [0.29, 0.717) is 41.3 Å². The molecule has 3 aromatic carbocycles. The second-order valence-electron chi connectivity index (χ2n) is 10.7. The fourth-order valence-corrected chi connectivity index (χ4v) is 6.64. The van der Waals surface area contributed by atoms with E-state index in [1.54, 1.807) is 32.0 Å². The molecule has 0 aliphatic rings. The predicted molar refractivity (Wildman–Crippen MR) is 163 cm³/mol. The molecule has 8 nitrogen and oxygen atoms in total. The number of hydrogen-bond donors (Lipinski definition) is 1. The van der Waals surface area contributed by atoms with Gasteiger partial charge in [-0.25, -0.2) is 13.4 Å². The first-order valence-electron chi connectivity index (χ1n) is 14.2. The first-order chi connectivity index (χ1) is 21.0. The van der Waals surface area contributed by atoms with Crippen LogP contribution in [0.2, 0.25) is 0 Å². The van der Waals surface area contributed by atoms with Crippen molar-refractivity contribution in [2.75, 3.05) is 4.72 Å². The Morgan fingerprint density at radius 1 is 0.977 bits per heavy atom. The van der Waals surface area contributed by atoms with Gasteiger partial charge in [0, 0.05) is 23.6 Å². The molecule has 0 atom stereocenters. The van der Waals surface area contributed by atoms with E-state index in [0.717, 1.165) is 41.4 Å². The van der Waals surface area contributed by atoms with Crippen LogP contribution in [0.4, 0.5) is 19.0 Å². The van der Waals surface area contributed by atoms with Crippen molar-refractivity contribution in [1.82, 2.24) is 19.3 Å². The van der Waals surface area contributed by atoms with Crippen LogP contribution in [-0.4, -0.2) is 27.7 Å². The number of nitrogens with one attached hydrogen (secondary N) is 1. The Bertz CT molecular complexity index is 2110. The number of aromatic nitrogens is 4. The number of anilines is 1. The molecular weight excluding hydrogens is 591 g/mol. The number of halogens is 3. The zero-order valence-corrected chi connectivity index (χ0v) is 25.1. The van der Waals surface area contributed by atoms with Gasteiger partial charge in [0.2, 0.25) is 0 Å². The van der Waals surface area contributed by atoms with E-state index in [1.807, 2.05) is 46.5 Å². The predicted octanol–water partition coefficient (Wildman–Crippen LogP) is 7.80. The molecule has 0 saturated heterocycles. The lowest BCUT2D eigenvalue weighted by atomic mass is 10.1. The van der Waals surface area contributed by atoms with Gasteiger partial charge >= 0.3 is 6.18 Å². The fourth-order valence-electron chi connectivity index (χ4n) is 5.38. The van der Waals surface area contributed by atoms with Crippen LogP contribution >= 0.6 is 0 Å². The van der Waals surface area contributed by atoms with Crippen molar-refractivity contribution in [2.45, 2.75) is 57.7 Å². The zero-order valence-electron chi connectivity index (χ0n) is 24.3. The average molecular weight is 622 g/mol. The van der Waals surface area contributed by atoms with Crippen LogP contribution in [0.15, 0.2) is 82.3 Å². The smallest absolute Gasteiger partial charge is 0.359 e. The Hall–Kier alpha value is -4.58. The summed E-state index contributed by atoms with van der Waals surface area (Å²) in [7, 11) is -4.07. The summed E-state index contributed by atoms with van der Waals surface area (Å²) in [6.45, 7) is 5.81. The average Bonchev–Trinajstić information content (AvgIpc) is 3.64. The third-order valence-corrected chi connectivity index (χ3v) is 9.22. The number of benzene rings is 3. The van der Waals surface area contributed by atoms with E-state index in [-0.39, 0.29) is 16.2 Å². The normalized spacial score (nSPS) is 12.4. The van der Waals surface area contributed by atoms with E-state index in [1.165, 1.54) is 12.1 Å². The molecule has 6 aromatic rings. The highest BCUT2D eigenvalue weighted by Crippen LogP contribution is 2.34. The van der Waals surface area contributed by atoms with Gasteiger partial charge in [0.15, 0.2) is 5.82 Å². The molecule has 0 unspecified atom stereocenters. The van der Waals surface area contributed by atoms with Gasteiger partial charge in [0.25, 0.3) is 10.0 Å². The minimum absolute atomic E-state index is 0.0451. The molecule has 0 saturated carbocycles. The maximum Gasteiger partial charge on any atom is 0.416 e. The molecule has 6 rings (SSSR count). The summed E-state index contributed by atoms with van der Waals surface area (Å²) in [5.74, 6) is 1.33. The minimum Gasteiger partial charge on any atom is -0.359 e. The summed E-state index contributed by atoms with van der Waals surface area (Å²) in [6.07, 6.45) is -0.241. The van der Waals surface area contributed by atoms with E-state index in [2.05, 4.69) is 14.9 Å². The number of unbranched alkanes of at least 4 members (excludes halogenated alkanes) is 1. The molecule has 44 heavy (non-hydrogen) atoms. The highest BCUT2D eigenvalue weighted by Gasteiger charge is 2.31. The maximum absolute atomic E-state index is 13.6. The van der Waals surface area contributed by atoms with Crippen molar-refractivity contribution in [1.29, 1.82) is 0 Å². The van der Waals surface area contributed by atoms with Crippen LogP contribution in [-0.2, 0) is 29.2 Å². The van der Waals surface area contributed by atoms with Crippen LogP contribution in [0.3, 0.4) is 0 Å². The van der Waals surface area contributed by atoms with Crippen LogP contribution in [0.5, 0.6) is 0 Å². The Labute approximate surface area is 252 Å². The van der Waals surface area contributed by atoms with Crippen molar-refractivity contribution in [3.63, 3.8) is 0 Å². The van der Waals surface area contributed by atoms with Crippen molar-refractivity contribution >= 4 is 37.8 Å². The van der Waals surface area contributed by atoms with Crippen LogP contribution in [0.1, 0.15) is 48.0 Å². The summed E-state index contributed by atoms with van der Waals surface area (Å²) >= 11 is 0. The van der Waals surface area contributed by atoms with Gasteiger partial charge in [-0.2, -0.15) is 13.2 Å². The summed E-state index contributed by atoms with van der Waals surface area (Å²) < 4.78 is 79.2. The highest BCUT2D eigenvalue weighted by atomic mass is 32.2. The Morgan fingerprint density at radius 2 is 1.73 bits per heavy atom. The molecule has 1 N–H and O–H groups in total. The zero-order chi connectivity index (χ0) is 31.2. The quantitative estimate of drug-likeness (QED) is 0.178. The Balaban J connectivity index is 1.47. The Morgan fingerprint density at radius 3 is 2.45 bits per heavy atom. The number of alkyl halides is 3. The second-order valence-corrected chi connectivity index (χ2v) is 12.4. The van der Waals surface area contributed by atoms with Gasteiger partial charge in [-0.3, -0.25) is 4.72 Å². The molecule has 3 heterocycles. The molecule has 0 aliphatic heterocycles. The van der Waals surface area contributed by atoms with Crippen molar-refractivity contribution in [3.8, 4) is 5.69 Å². The molecule has 0 amide bonds. The molecule has 0 radical (unpaired) electrons. The number of aryl methyl sites for hydroxylation is 2. The van der Waals surface area contributed by atoms with Crippen LogP contribution in [0.25, 0.3) is 27.6 Å². The third-order valence-electron chi connectivity index (χ3n) is 7.83. The number of imidazole rings is 1. The molecule has 228 valence electrons. The largest absolute Gasteiger partial charge is 0.416 e. The van der Waals surface area contributed by atoms with Gasteiger partial charge in [0.1, 0.15) is 16.5 Å². The maximum atomic E-state index is 13.6. The first kappa shape index (κ1) is 29.5. The monoisotopic (exact) mass is 621 g/mol. The van der Waals surface area contributed by atoms with Crippen LogP contribution in [0, 0.1) is 13.8 Å². The number of fused-ring (bicyclic) bond motifs is 2. The van der Waals surface area contributed by atoms with Gasteiger partial charge < -0.3 is 13.7 Å². The SMILES string of the molecule is CCCCc1nc2cc(C(F)(F)F)ccc2n1Cc1cn(-c2ccccc2S(=O)(=O)Nc2noc(C)c2C)c2ccccc12. The van der Waals surface area contributed by atoms with Crippen molar-refractivity contribution in [3.05, 3.63) is 101 Å². The van der Waals surface area contributed by atoms with Crippen LogP contribution < -0.4 is 4.72 Å². The number of sulfonamides is 1. The molecule has 12 heteroatoms. The molecule has 0 bridgehead atoms. The second kappa shape index (κ2) is 11.2. The lowest BCUT2D eigenvalue weighted by Gasteiger charge is -2.13. The van der Waals surface area contributed by atoms with E-state index in [9.17, 15) is 21.6 Å². The van der Waals surface area contributed by atoms with Gasteiger partial charge in [0.05, 0.1) is 34.3 Å². The topological polar surface area (TPSA) is 95.0 Å². The van der Waals surface area contributed by atoms with Crippen molar-refractivity contribution in [2.24, 2.45) is 0 Å². The third kappa shape index (κ3) is 5.34. The summed E-state index contributed by atoms with van der Waals surface area (Å²) in [5, 5.41) is 4.73. The first-order valence-corrected chi connectivity index (χ1v) is 15.7. The van der Waals surface area contributed by atoms with E-state index >= 15 is 0 Å². The number of hydrogen-bond acceptors (Lipinski definition) is 5. The van der Waals surface area contributed by atoms with Gasteiger partial charge in [-0.15, -0.1) is 0 Å². The number of para-hydroxylation sites is 2. The molecule has 3 aromatic heterocycles. The number of nitrogens with zero attached hydrogens (tertiary/aromatic N) is 4. The van der Waals surface area contributed by atoms with Crippen molar-refractivity contribution < 1.29 is 26.1 Å². The van der Waals surface area contributed by atoms with E-state index in [4.69, 9.17) is 4.52 Å².